The molecule has 1 aromatic carbocycles. The highest BCUT2D eigenvalue weighted by molar-refractivity contribution is 7.89. The number of nitriles is 1. The maximum Gasteiger partial charge on any atom is 0.240 e. The third-order valence-corrected chi connectivity index (χ3v) is 4.04. The Morgan fingerprint density at radius 2 is 2.22 bits per heavy atom. The Kier molecular flexibility index (Phi) is 5.11. The molecule has 0 radical (unpaired) electrons. The summed E-state index contributed by atoms with van der Waals surface area (Å²) >= 11 is 5.79. The van der Waals surface area contributed by atoms with E-state index in [4.69, 9.17) is 21.6 Å². The molecule has 0 saturated carbocycles. The zero-order chi connectivity index (χ0) is 13.8. The van der Waals surface area contributed by atoms with Crippen LogP contribution in [0.3, 0.4) is 0 Å². The molecule has 0 bridgehead atoms. The summed E-state index contributed by atoms with van der Waals surface area (Å²) in [6.45, 7) is 1.95. The van der Waals surface area contributed by atoms with Gasteiger partial charge < -0.3 is 4.74 Å². The molecule has 1 rings (SSSR count). The van der Waals surface area contributed by atoms with E-state index in [0.29, 0.717) is 0 Å². The van der Waals surface area contributed by atoms with Gasteiger partial charge in [0, 0.05) is 13.2 Å². The van der Waals surface area contributed by atoms with Crippen molar-refractivity contribution in [2.75, 3.05) is 13.7 Å². The Bertz CT molecular complexity index is 566. The van der Waals surface area contributed by atoms with Crippen LogP contribution in [0.4, 0.5) is 0 Å². The quantitative estimate of drug-likeness (QED) is 0.891. The van der Waals surface area contributed by atoms with Gasteiger partial charge >= 0.3 is 0 Å². The number of rotatable bonds is 5. The minimum absolute atomic E-state index is 0.0226. The van der Waals surface area contributed by atoms with E-state index in [1.807, 2.05) is 6.07 Å². The van der Waals surface area contributed by atoms with Crippen LogP contribution in [0.15, 0.2) is 23.1 Å². The molecule has 0 aliphatic carbocycles. The fraction of sp³-hybridized carbons (Fsp3) is 0.364. The summed E-state index contributed by atoms with van der Waals surface area (Å²) in [6.07, 6.45) is 0. The van der Waals surface area contributed by atoms with Gasteiger partial charge in [-0.05, 0) is 25.1 Å². The van der Waals surface area contributed by atoms with E-state index in [1.54, 1.807) is 6.92 Å². The molecule has 0 heterocycles. The van der Waals surface area contributed by atoms with Crippen molar-refractivity contribution in [3.63, 3.8) is 0 Å². The second-order valence-corrected chi connectivity index (χ2v) is 5.85. The van der Waals surface area contributed by atoms with Gasteiger partial charge in [-0.2, -0.15) is 5.26 Å². The van der Waals surface area contributed by atoms with Crippen molar-refractivity contribution >= 4 is 21.6 Å². The molecule has 0 aromatic heterocycles. The Morgan fingerprint density at radius 3 is 2.72 bits per heavy atom. The van der Waals surface area contributed by atoms with Crippen molar-refractivity contribution in [3.8, 4) is 6.07 Å². The van der Waals surface area contributed by atoms with Gasteiger partial charge in [-0.15, -0.1) is 0 Å². The maximum atomic E-state index is 12.0. The van der Waals surface area contributed by atoms with Crippen molar-refractivity contribution in [1.29, 1.82) is 5.26 Å². The summed E-state index contributed by atoms with van der Waals surface area (Å²) in [5, 5.41) is 8.82. The number of sulfonamides is 1. The molecule has 1 N–H and O–H groups in total. The molecule has 98 valence electrons. The van der Waals surface area contributed by atoms with Crippen molar-refractivity contribution in [1.82, 2.24) is 4.72 Å². The molecule has 0 amide bonds. The zero-order valence-electron chi connectivity index (χ0n) is 9.97. The minimum Gasteiger partial charge on any atom is -0.383 e. The topological polar surface area (TPSA) is 79.2 Å². The van der Waals surface area contributed by atoms with Crippen molar-refractivity contribution in [2.24, 2.45) is 0 Å². The normalized spacial score (nSPS) is 13.0. The Balaban J connectivity index is 2.99. The number of nitrogens with zero attached hydrogens (tertiary/aromatic N) is 1. The van der Waals surface area contributed by atoms with Crippen molar-refractivity contribution < 1.29 is 13.2 Å². The van der Waals surface area contributed by atoms with Crippen molar-refractivity contribution in [3.05, 3.63) is 28.8 Å². The number of methoxy groups -OCH3 is 1. The molecular formula is C11H13ClN2O3S. The van der Waals surface area contributed by atoms with Gasteiger partial charge in [0.05, 0.1) is 22.1 Å². The average molecular weight is 289 g/mol. The lowest BCUT2D eigenvalue weighted by molar-refractivity contribution is 0.180. The lowest BCUT2D eigenvalue weighted by Gasteiger charge is -2.13. The third-order valence-electron chi connectivity index (χ3n) is 2.14. The second-order valence-electron chi connectivity index (χ2n) is 3.73. The van der Waals surface area contributed by atoms with E-state index >= 15 is 0 Å². The van der Waals surface area contributed by atoms with Crippen LogP contribution in [0.5, 0.6) is 0 Å². The molecule has 1 atom stereocenters. The molecule has 1 aromatic rings. The lowest BCUT2D eigenvalue weighted by Crippen LogP contribution is -2.35. The first-order chi connectivity index (χ1) is 8.40. The van der Waals surface area contributed by atoms with E-state index < -0.39 is 10.0 Å². The number of hydrogen-bond donors (Lipinski definition) is 1. The fourth-order valence-corrected chi connectivity index (χ4v) is 2.91. The highest BCUT2D eigenvalue weighted by Crippen LogP contribution is 2.20. The summed E-state index contributed by atoms with van der Waals surface area (Å²) in [5.74, 6) is 0. The molecule has 0 aliphatic heterocycles. The van der Waals surface area contributed by atoms with Crippen LogP contribution in [-0.2, 0) is 14.8 Å². The standard InChI is InChI=1S/C11H13ClN2O3S/c1-8(7-17-2)14-18(15,16)10-4-3-9(6-13)11(12)5-10/h3-5,8,14H,7H2,1-2H3/t8-/m0/s1. The molecule has 0 fully saturated rings. The summed E-state index contributed by atoms with van der Waals surface area (Å²) in [5.41, 5.74) is 0.237. The first-order valence-electron chi connectivity index (χ1n) is 5.11. The van der Waals surface area contributed by atoms with Gasteiger partial charge in [0.15, 0.2) is 0 Å². The molecule has 7 heteroatoms. The first kappa shape index (κ1) is 14.9. The summed E-state index contributed by atoms with van der Waals surface area (Å²) in [6, 6.07) is 5.48. The molecule has 0 unspecified atom stereocenters. The largest absolute Gasteiger partial charge is 0.383 e. The molecule has 0 aliphatic rings. The van der Waals surface area contributed by atoms with Crippen LogP contribution in [-0.4, -0.2) is 28.2 Å². The predicted molar refractivity (Wildman–Crippen MR) is 67.8 cm³/mol. The Labute approximate surface area is 111 Å². The van der Waals surface area contributed by atoms with E-state index in [0.717, 1.165) is 0 Å². The smallest absolute Gasteiger partial charge is 0.240 e. The van der Waals surface area contributed by atoms with E-state index in [2.05, 4.69) is 4.72 Å². The lowest BCUT2D eigenvalue weighted by atomic mass is 10.2. The van der Waals surface area contributed by atoms with Gasteiger partial charge in [-0.25, -0.2) is 13.1 Å². The van der Waals surface area contributed by atoms with Crippen LogP contribution in [0.2, 0.25) is 5.02 Å². The summed E-state index contributed by atoms with van der Waals surface area (Å²) in [4.78, 5) is 0.0226. The molecule has 18 heavy (non-hydrogen) atoms. The molecule has 5 nitrogen and oxygen atoms in total. The number of ether oxygens (including phenoxy) is 1. The number of benzene rings is 1. The molecule has 0 saturated heterocycles. The van der Waals surface area contributed by atoms with E-state index in [-0.39, 0.29) is 28.1 Å². The van der Waals surface area contributed by atoms with Crippen LogP contribution < -0.4 is 4.72 Å². The van der Waals surface area contributed by atoms with Gasteiger partial charge in [0.2, 0.25) is 10.0 Å². The fourth-order valence-electron chi connectivity index (χ4n) is 1.37. The van der Waals surface area contributed by atoms with E-state index in [1.165, 1.54) is 25.3 Å². The first-order valence-corrected chi connectivity index (χ1v) is 6.97. The Hall–Kier alpha value is -1.13. The number of halogens is 1. The predicted octanol–water partition coefficient (Wildman–Crippen LogP) is 1.52. The minimum atomic E-state index is -3.65. The summed E-state index contributed by atoms with van der Waals surface area (Å²) < 4.78 is 31.2. The zero-order valence-corrected chi connectivity index (χ0v) is 11.5. The number of nitrogens with one attached hydrogen (secondary N) is 1. The van der Waals surface area contributed by atoms with Gasteiger partial charge in [-0.1, -0.05) is 11.6 Å². The Morgan fingerprint density at radius 1 is 1.56 bits per heavy atom. The van der Waals surface area contributed by atoms with Crippen LogP contribution in [0.25, 0.3) is 0 Å². The van der Waals surface area contributed by atoms with Gasteiger partial charge in [0.1, 0.15) is 6.07 Å². The second kappa shape index (κ2) is 6.16. The van der Waals surface area contributed by atoms with Crippen LogP contribution in [0.1, 0.15) is 12.5 Å². The molecule has 0 spiro atoms. The average Bonchev–Trinajstić information content (AvgIpc) is 2.28. The highest BCUT2D eigenvalue weighted by atomic mass is 35.5. The van der Waals surface area contributed by atoms with E-state index in [9.17, 15) is 8.42 Å². The van der Waals surface area contributed by atoms with Crippen molar-refractivity contribution in [2.45, 2.75) is 17.9 Å². The molecular weight excluding hydrogens is 276 g/mol. The summed E-state index contributed by atoms with van der Waals surface area (Å²) in [7, 11) is -2.16. The number of hydrogen-bond acceptors (Lipinski definition) is 4. The maximum absolute atomic E-state index is 12.0. The van der Waals surface area contributed by atoms with Crippen LogP contribution in [0, 0.1) is 11.3 Å². The third kappa shape index (κ3) is 3.68. The van der Waals surface area contributed by atoms with Crippen LogP contribution >= 0.6 is 11.6 Å². The monoisotopic (exact) mass is 288 g/mol. The highest BCUT2D eigenvalue weighted by Gasteiger charge is 2.18. The van der Waals surface area contributed by atoms with Gasteiger partial charge in [0.25, 0.3) is 0 Å². The SMILES string of the molecule is COC[C@H](C)NS(=O)(=O)c1ccc(C#N)c(Cl)c1. The van der Waals surface area contributed by atoms with Gasteiger partial charge in [-0.3, -0.25) is 0 Å².